The van der Waals surface area contributed by atoms with Crippen LogP contribution in [0.25, 0.3) is 0 Å². The molecule has 5 nitrogen and oxygen atoms in total. The Morgan fingerprint density at radius 2 is 2.04 bits per heavy atom. The second kappa shape index (κ2) is 8.65. The molecule has 0 bridgehead atoms. The molecular formula is C23H28N2O3. The van der Waals surface area contributed by atoms with Crippen LogP contribution < -0.4 is 14.8 Å². The first-order valence-corrected chi connectivity index (χ1v) is 10.1. The minimum atomic E-state index is -0.139. The van der Waals surface area contributed by atoms with E-state index in [1.807, 2.05) is 36.4 Å². The van der Waals surface area contributed by atoms with E-state index >= 15 is 0 Å². The van der Waals surface area contributed by atoms with Gasteiger partial charge in [-0.2, -0.15) is 0 Å². The van der Waals surface area contributed by atoms with Crippen molar-refractivity contribution in [2.24, 2.45) is 5.92 Å². The molecule has 0 saturated carbocycles. The lowest BCUT2D eigenvalue weighted by Gasteiger charge is -2.30. The highest BCUT2D eigenvalue weighted by Gasteiger charge is 2.28. The Hall–Kier alpha value is -2.53. The molecule has 0 unspecified atom stereocenters. The number of rotatable bonds is 6. The van der Waals surface area contributed by atoms with Crippen LogP contribution in [0.15, 0.2) is 48.5 Å². The van der Waals surface area contributed by atoms with Crippen LogP contribution in [0.4, 0.5) is 0 Å². The van der Waals surface area contributed by atoms with Gasteiger partial charge in [-0.25, -0.2) is 0 Å². The molecule has 2 aromatic rings. The van der Waals surface area contributed by atoms with Crippen LogP contribution >= 0.6 is 0 Å². The third-order valence-electron chi connectivity index (χ3n) is 5.78. The van der Waals surface area contributed by atoms with Crippen LogP contribution in [0.1, 0.15) is 30.0 Å². The number of methoxy groups -OCH3 is 1. The predicted molar refractivity (Wildman–Crippen MR) is 109 cm³/mol. The maximum Gasteiger partial charge on any atom is 0.226 e. The largest absolute Gasteiger partial charge is 0.497 e. The molecule has 5 heteroatoms. The molecule has 1 amide bonds. The number of amides is 1. The first kappa shape index (κ1) is 18.8. The van der Waals surface area contributed by atoms with Crippen LogP contribution in [0.3, 0.4) is 0 Å². The summed E-state index contributed by atoms with van der Waals surface area (Å²) in [5.41, 5.74) is 2.30. The molecule has 4 rings (SSSR count). The number of fused-ring (bicyclic) bond motifs is 1. The van der Waals surface area contributed by atoms with E-state index in [0.717, 1.165) is 36.6 Å². The lowest BCUT2D eigenvalue weighted by Crippen LogP contribution is -2.42. The number of nitrogens with zero attached hydrogens (tertiary/aromatic N) is 1. The molecule has 1 fully saturated rings. The van der Waals surface area contributed by atoms with Crippen LogP contribution in [0.2, 0.25) is 0 Å². The normalized spacial score (nSPS) is 20.1. The Bertz CT molecular complexity index is 817. The first-order chi connectivity index (χ1) is 13.7. The number of carbonyl (C=O) groups excluding carboxylic acids is 1. The SMILES string of the molecule is COc1cccc([C@H](CNC(=O)[C@@H]2COc3ccccc3C2)N2CCCC2)c1. The quantitative estimate of drug-likeness (QED) is 0.836. The predicted octanol–water partition coefficient (Wildman–Crippen LogP) is 3.20. The summed E-state index contributed by atoms with van der Waals surface area (Å²) < 4.78 is 11.2. The molecule has 0 radical (unpaired) electrons. The zero-order chi connectivity index (χ0) is 19.3. The molecule has 1 N–H and O–H groups in total. The van der Waals surface area contributed by atoms with E-state index < -0.39 is 0 Å². The Labute approximate surface area is 166 Å². The highest BCUT2D eigenvalue weighted by atomic mass is 16.5. The molecule has 2 heterocycles. The highest BCUT2D eigenvalue weighted by Crippen LogP contribution is 2.29. The fraction of sp³-hybridized carbons (Fsp3) is 0.435. The third kappa shape index (κ3) is 4.14. The molecule has 28 heavy (non-hydrogen) atoms. The van der Waals surface area contributed by atoms with Crippen molar-refractivity contribution in [2.75, 3.05) is 33.4 Å². The number of likely N-dealkylation sites (tertiary alicyclic amines) is 1. The number of nitrogens with one attached hydrogen (secondary N) is 1. The Morgan fingerprint density at radius 3 is 2.86 bits per heavy atom. The van der Waals surface area contributed by atoms with Gasteiger partial charge in [-0.1, -0.05) is 30.3 Å². The molecule has 2 atom stereocenters. The van der Waals surface area contributed by atoms with Gasteiger partial charge in [0, 0.05) is 6.54 Å². The van der Waals surface area contributed by atoms with Crippen molar-refractivity contribution in [3.63, 3.8) is 0 Å². The number of carbonyl (C=O) groups is 1. The number of ether oxygens (including phenoxy) is 2. The number of hydrogen-bond acceptors (Lipinski definition) is 4. The Morgan fingerprint density at radius 1 is 1.21 bits per heavy atom. The monoisotopic (exact) mass is 380 g/mol. The van der Waals surface area contributed by atoms with Gasteiger partial charge in [0.05, 0.1) is 19.1 Å². The van der Waals surface area contributed by atoms with Crippen molar-refractivity contribution in [1.82, 2.24) is 10.2 Å². The fourth-order valence-corrected chi connectivity index (χ4v) is 4.20. The third-order valence-corrected chi connectivity index (χ3v) is 5.78. The van der Waals surface area contributed by atoms with E-state index in [-0.39, 0.29) is 17.9 Å². The molecule has 0 aliphatic carbocycles. The Kier molecular flexibility index (Phi) is 5.81. The maximum atomic E-state index is 12.8. The van der Waals surface area contributed by atoms with Crippen molar-refractivity contribution >= 4 is 5.91 Å². The minimum Gasteiger partial charge on any atom is -0.497 e. The van der Waals surface area contributed by atoms with Gasteiger partial charge in [0.1, 0.15) is 18.1 Å². The fourth-order valence-electron chi connectivity index (χ4n) is 4.20. The average molecular weight is 380 g/mol. The van der Waals surface area contributed by atoms with Crippen molar-refractivity contribution in [2.45, 2.75) is 25.3 Å². The lowest BCUT2D eigenvalue weighted by molar-refractivity contribution is -0.126. The van der Waals surface area contributed by atoms with Gasteiger partial charge in [0.25, 0.3) is 0 Å². The zero-order valence-electron chi connectivity index (χ0n) is 16.4. The van der Waals surface area contributed by atoms with Crippen LogP contribution in [-0.2, 0) is 11.2 Å². The topological polar surface area (TPSA) is 50.8 Å². The molecular weight excluding hydrogens is 352 g/mol. The summed E-state index contributed by atoms with van der Waals surface area (Å²) >= 11 is 0. The molecule has 2 aromatic carbocycles. The maximum absolute atomic E-state index is 12.8. The van der Waals surface area contributed by atoms with E-state index in [2.05, 4.69) is 22.3 Å². The van der Waals surface area contributed by atoms with Gasteiger partial charge in [-0.15, -0.1) is 0 Å². The summed E-state index contributed by atoms with van der Waals surface area (Å²) in [7, 11) is 1.69. The summed E-state index contributed by atoms with van der Waals surface area (Å²) in [6, 6.07) is 16.3. The van der Waals surface area contributed by atoms with E-state index in [9.17, 15) is 4.79 Å². The second-order valence-electron chi connectivity index (χ2n) is 7.60. The molecule has 2 aliphatic rings. The van der Waals surface area contributed by atoms with Crippen molar-refractivity contribution in [1.29, 1.82) is 0 Å². The first-order valence-electron chi connectivity index (χ1n) is 10.1. The molecule has 0 aromatic heterocycles. The lowest BCUT2D eigenvalue weighted by atomic mass is 9.96. The standard InChI is InChI=1S/C23H28N2O3/c1-27-20-9-6-8-17(14-20)21(25-11-4-5-12-25)15-24-23(26)19-13-18-7-2-3-10-22(18)28-16-19/h2-3,6-10,14,19,21H,4-5,11-13,15-16H2,1H3,(H,24,26)/t19-,21-/m0/s1. The summed E-state index contributed by atoms with van der Waals surface area (Å²) in [5, 5.41) is 3.19. The van der Waals surface area contributed by atoms with Gasteiger partial charge >= 0.3 is 0 Å². The molecule has 1 saturated heterocycles. The molecule has 148 valence electrons. The van der Waals surface area contributed by atoms with Gasteiger partial charge < -0.3 is 14.8 Å². The van der Waals surface area contributed by atoms with E-state index in [1.165, 1.54) is 18.4 Å². The number of benzene rings is 2. The van der Waals surface area contributed by atoms with Gasteiger partial charge in [0.2, 0.25) is 5.91 Å². The number of hydrogen-bond donors (Lipinski definition) is 1. The molecule has 0 spiro atoms. The van der Waals surface area contributed by atoms with Gasteiger partial charge in [-0.05, 0) is 61.7 Å². The van der Waals surface area contributed by atoms with Crippen LogP contribution in [0, 0.1) is 5.92 Å². The van der Waals surface area contributed by atoms with E-state index in [0.29, 0.717) is 13.2 Å². The van der Waals surface area contributed by atoms with Crippen LogP contribution in [0.5, 0.6) is 11.5 Å². The highest BCUT2D eigenvalue weighted by molar-refractivity contribution is 5.79. The smallest absolute Gasteiger partial charge is 0.226 e. The summed E-state index contributed by atoms with van der Waals surface area (Å²) in [4.78, 5) is 15.3. The average Bonchev–Trinajstić information content (AvgIpc) is 3.28. The van der Waals surface area contributed by atoms with Crippen molar-refractivity contribution in [3.8, 4) is 11.5 Å². The van der Waals surface area contributed by atoms with Gasteiger partial charge in [-0.3, -0.25) is 9.69 Å². The summed E-state index contributed by atoms with van der Waals surface area (Å²) in [5.74, 6) is 1.68. The second-order valence-corrected chi connectivity index (χ2v) is 7.60. The van der Waals surface area contributed by atoms with E-state index in [4.69, 9.17) is 9.47 Å². The van der Waals surface area contributed by atoms with Gasteiger partial charge in [0.15, 0.2) is 0 Å². The van der Waals surface area contributed by atoms with E-state index in [1.54, 1.807) is 7.11 Å². The molecule has 2 aliphatic heterocycles. The zero-order valence-corrected chi connectivity index (χ0v) is 16.4. The van der Waals surface area contributed by atoms with Crippen LogP contribution in [-0.4, -0.2) is 44.2 Å². The minimum absolute atomic E-state index is 0.0709. The van der Waals surface area contributed by atoms with Crippen molar-refractivity contribution in [3.05, 3.63) is 59.7 Å². The summed E-state index contributed by atoms with van der Waals surface area (Å²) in [6.45, 7) is 3.18. The van der Waals surface area contributed by atoms with Crippen molar-refractivity contribution < 1.29 is 14.3 Å². The Balaban J connectivity index is 1.43. The summed E-state index contributed by atoms with van der Waals surface area (Å²) in [6.07, 6.45) is 3.15. The number of para-hydroxylation sites is 1.